The largest absolute Gasteiger partial charge is 0.353 e. The molecule has 0 saturated heterocycles. The predicted octanol–water partition coefficient (Wildman–Crippen LogP) is 6.47. The van der Waals surface area contributed by atoms with Gasteiger partial charge in [0, 0.05) is 24.4 Å². The Kier molecular flexibility index (Phi) is 8.12. The van der Waals surface area contributed by atoms with Crippen molar-refractivity contribution in [2.24, 2.45) is 5.92 Å². The van der Waals surface area contributed by atoms with E-state index in [9.17, 15) is 4.39 Å². The highest BCUT2D eigenvalue weighted by Gasteiger charge is 2.28. The molecule has 0 amide bonds. The fourth-order valence-electron chi connectivity index (χ4n) is 5.11. The van der Waals surface area contributed by atoms with Crippen LogP contribution in [0.2, 0.25) is 0 Å². The number of nitrogens with zero attached hydrogens (tertiary/aromatic N) is 5. The maximum Gasteiger partial charge on any atom is 0.205 e. The van der Waals surface area contributed by atoms with Crippen molar-refractivity contribution in [3.8, 4) is 22.5 Å². The second-order valence-electron chi connectivity index (χ2n) is 10.3. The Balaban J connectivity index is 1.34. The minimum absolute atomic E-state index is 0.426. The summed E-state index contributed by atoms with van der Waals surface area (Å²) in [6, 6.07) is 27.2. The van der Waals surface area contributed by atoms with Crippen LogP contribution in [0.4, 0.5) is 4.39 Å². The zero-order valence-corrected chi connectivity index (χ0v) is 22.1. The van der Waals surface area contributed by atoms with Crippen molar-refractivity contribution < 1.29 is 4.39 Å². The van der Waals surface area contributed by atoms with Crippen LogP contribution in [0.15, 0.2) is 90.3 Å². The van der Waals surface area contributed by atoms with Gasteiger partial charge in [-0.25, -0.2) is 4.39 Å². The van der Waals surface area contributed by atoms with Crippen molar-refractivity contribution in [2.45, 2.75) is 39.7 Å². The lowest BCUT2D eigenvalue weighted by atomic mass is 9.98. The highest BCUT2D eigenvalue weighted by Crippen LogP contribution is 2.33. The molecule has 0 aliphatic carbocycles. The number of nitrogens with one attached hydrogen (secondary N) is 1. The number of rotatable bonds is 11. The van der Waals surface area contributed by atoms with Crippen LogP contribution >= 0.6 is 0 Å². The third kappa shape index (κ3) is 5.93. The van der Waals surface area contributed by atoms with Gasteiger partial charge in [0.15, 0.2) is 0 Å². The van der Waals surface area contributed by atoms with Gasteiger partial charge in [-0.05, 0) is 52.6 Å². The first-order chi connectivity index (χ1) is 18.6. The summed E-state index contributed by atoms with van der Waals surface area (Å²) in [4.78, 5) is 4.60. The smallest absolute Gasteiger partial charge is 0.205 e. The van der Waals surface area contributed by atoms with E-state index in [4.69, 9.17) is 0 Å². The molecule has 0 unspecified atom stereocenters. The summed E-state index contributed by atoms with van der Waals surface area (Å²) >= 11 is 0. The summed E-state index contributed by atoms with van der Waals surface area (Å²) in [6.07, 6.45) is 2.85. The van der Waals surface area contributed by atoms with Gasteiger partial charge in [0.05, 0.1) is 12.4 Å². The monoisotopic (exact) mass is 510 g/mol. The maximum absolute atomic E-state index is 14.4. The Hall–Kier alpha value is -4.00. The van der Waals surface area contributed by atoms with E-state index < -0.39 is 6.67 Å². The Labute approximate surface area is 224 Å². The molecule has 0 spiro atoms. The van der Waals surface area contributed by atoms with Gasteiger partial charge in [-0.15, -0.1) is 10.2 Å². The SMILES string of the molecule is CC(C)CCC1=C(CF)N(CCc2ccccc2)CN1Cc1ccc(-c2ccccc2-c2nn[nH]n2)cc1. The number of hydrogen-bond acceptors (Lipinski definition) is 5. The Morgan fingerprint density at radius 3 is 2.24 bits per heavy atom. The minimum Gasteiger partial charge on any atom is -0.353 e. The molecule has 1 aromatic heterocycles. The van der Waals surface area contributed by atoms with E-state index in [0.29, 0.717) is 11.7 Å². The predicted molar refractivity (Wildman–Crippen MR) is 149 cm³/mol. The second kappa shape index (κ2) is 12.0. The van der Waals surface area contributed by atoms with Gasteiger partial charge >= 0.3 is 0 Å². The van der Waals surface area contributed by atoms with Crippen LogP contribution in [-0.2, 0) is 13.0 Å². The lowest BCUT2D eigenvalue weighted by molar-refractivity contribution is 0.232. The van der Waals surface area contributed by atoms with E-state index in [1.54, 1.807) is 0 Å². The first-order valence-corrected chi connectivity index (χ1v) is 13.4. The number of tetrazole rings is 1. The average Bonchev–Trinajstić information content (AvgIpc) is 3.60. The number of benzene rings is 3. The highest BCUT2D eigenvalue weighted by molar-refractivity contribution is 5.80. The summed E-state index contributed by atoms with van der Waals surface area (Å²) < 4.78 is 14.4. The number of alkyl halides is 1. The average molecular weight is 511 g/mol. The van der Waals surface area contributed by atoms with Crippen molar-refractivity contribution in [3.05, 3.63) is 101 Å². The summed E-state index contributed by atoms with van der Waals surface area (Å²) in [5.74, 6) is 1.15. The zero-order valence-electron chi connectivity index (χ0n) is 22.1. The summed E-state index contributed by atoms with van der Waals surface area (Å²) in [7, 11) is 0. The Morgan fingerprint density at radius 2 is 1.55 bits per heavy atom. The molecule has 3 aromatic carbocycles. The van der Waals surface area contributed by atoms with E-state index in [2.05, 4.69) is 98.9 Å². The maximum atomic E-state index is 14.4. The number of H-pyrrole nitrogens is 1. The normalized spacial score (nSPS) is 13.7. The highest BCUT2D eigenvalue weighted by atomic mass is 19.1. The molecule has 6 nitrogen and oxygen atoms in total. The van der Waals surface area contributed by atoms with Gasteiger partial charge in [-0.3, -0.25) is 0 Å². The molecule has 4 aromatic rings. The summed E-state index contributed by atoms with van der Waals surface area (Å²) in [5, 5.41) is 14.6. The molecular formula is C31H35FN6. The van der Waals surface area contributed by atoms with E-state index in [1.165, 1.54) is 11.1 Å². The minimum atomic E-state index is -0.426. The molecule has 0 bridgehead atoms. The van der Waals surface area contributed by atoms with Gasteiger partial charge in [0.25, 0.3) is 0 Å². The van der Waals surface area contributed by atoms with Crippen LogP contribution < -0.4 is 0 Å². The fourth-order valence-corrected chi connectivity index (χ4v) is 5.11. The molecule has 1 aliphatic rings. The second-order valence-corrected chi connectivity index (χ2v) is 10.3. The molecule has 1 aliphatic heterocycles. The van der Waals surface area contributed by atoms with Crippen molar-refractivity contribution >= 4 is 0 Å². The number of aromatic amines is 1. The van der Waals surface area contributed by atoms with E-state index >= 15 is 0 Å². The molecule has 0 radical (unpaired) electrons. The summed E-state index contributed by atoms with van der Waals surface area (Å²) in [5.41, 5.74) is 7.59. The van der Waals surface area contributed by atoms with Crippen LogP contribution in [0.1, 0.15) is 37.8 Å². The van der Waals surface area contributed by atoms with Crippen molar-refractivity contribution in [1.29, 1.82) is 0 Å². The molecule has 196 valence electrons. The lowest BCUT2D eigenvalue weighted by Gasteiger charge is -2.25. The van der Waals surface area contributed by atoms with Gasteiger partial charge in [0.1, 0.15) is 6.67 Å². The molecule has 0 saturated carbocycles. The molecule has 0 atom stereocenters. The first-order valence-electron chi connectivity index (χ1n) is 13.4. The van der Waals surface area contributed by atoms with Gasteiger partial charge < -0.3 is 9.80 Å². The van der Waals surface area contributed by atoms with E-state index in [0.717, 1.165) is 67.1 Å². The van der Waals surface area contributed by atoms with Crippen molar-refractivity contribution in [2.75, 3.05) is 19.9 Å². The Morgan fingerprint density at radius 1 is 0.816 bits per heavy atom. The van der Waals surface area contributed by atoms with Gasteiger partial charge in [-0.1, -0.05) is 92.7 Å². The lowest BCUT2D eigenvalue weighted by Crippen LogP contribution is -2.29. The third-order valence-electron chi connectivity index (χ3n) is 7.19. The van der Waals surface area contributed by atoms with Crippen LogP contribution in [0.3, 0.4) is 0 Å². The van der Waals surface area contributed by atoms with Crippen LogP contribution in [0, 0.1) is 5.92 Å². The number of allylic oxidation sites excluding steroid dienone is 2. The fraction of sp³-hybridized carbons (Fsp3) is 0.323. The van der Waals surface area contributed by atoms with Crippen molar-refractivity contribution in [1.82, 2.24) is 30.4 Å². The van der Waals surface area contributed by atoms with Gasteiger partial charge in [0.2, 0.25) is 5.82 Å². The zero-order chi connectivity index (χ0) is 26.3. The van der Waals surface area contributed by atoms with Crippen LogP contribution in [-0.4, -0.2) is 50.3 Å². The number of halogens is 1. The molecule has 38 heavy (non-hydrogen) atoms. The molecule has 1 N–H and O–H groups in total. The molecule has 0 fully saturated rings. The van der Waals surface area contributed by atoms with Gasteiger partial charge in [-0.2, -0.15) is 5.21 Å². The third-order valence-corrected chi connectivity index (χ3v) is 7.19. The molecule has 2 heterocycles. The van der Waals surface area contributed by atoms with Crippen LogP contribution in [0.5, 0.6) is 0 Å². The van der Waals surface area contributed by atoms with E-state index in [1.807, 2.05) is 24.3 Å². The Bertz CT molecular complexity index is 1330. The number of aromatic nitrogens is 4. The topological polar surface area (TPSA) is 60.9 Å². The molecular weight excluding hydrogens is 475 g/mol. The van der Waals surface area contributed by atoms with Crippen molar-refractivity contribution in [3.63, 3.8) is 0 Å². The number of hydrogen-bond donors (Lipinski definition) is 1. The summed E-state index contributed by atoms with van der Waals surface area (Å²) in [6.45, 7) is 6.33. The molecule has 7 heteroatoms. The van der Waals surface area contributed by atoms with Crippen LogP contribution in [0.25, 0.3) is 22.5 Å². The first kappa shape index (κ1) is 25.6. The standard InChI is InChI=1S/C31H35FN6/c1-23(2)12-17-29-30(20-32)37(19-18-24-8-4-3-5-9-24)22-38(29)21-25-13-15-26(16-14-25)27-10-6-7-11-28(27)31-33-35-36-34-31/h3-11,13-16,23H,12,17-22H2,1-2H3,(H,33,34,35,36). The quantitative estimate of drug-likeness (QED) is 0.251. The van der Waals surface area contributed by atoms with E-state index in [-0.39, 0.29) is 0 Å². The molecule has 5 rings (SSSR count).